The molecule has 0 atom stereocenters. The van der Waals surface area contributed by atoms with Gasteiger partial charge >= 0.3 is 0 Å². The molecule has 1 heterocycles. The van der Waals surface area contributed by atoms with E-state index in [1.807, 2.05) is 24.3 Å². The van der Waals surface area contributed by atoms with Crippen LogP contribution < -0.4 is 10.0 Å². The lowest BCUT2D eigenvalue weighted by atomic mass is 10.0. The number of aliphatic imine (C=N–C) groups is 1. The fourth-order valence-corrected chi connectivity index (χ4v) is 4.53. The van der Waals surface area contributed by atoms with Gasteiger partial charge in [-0.1, -0.05) is 54.1 Å². The van der Waals surface area contributed by atoms with Crippen LogP contribution >= 0.6 is 11.6 Å². The van der Waals surface area contributed by atoms with Gasteiger partial charge in [0.25, 0.3) is 10.0 Å². The van der Waals surface area contributed by atoms with Gasteiger partial charge in [-0.3, -0.25) is 0 Å². The summed E-state index contributed by atoms with van der Waals surface area (Å²) in [6.07, 6.45) is 0.461. The van der Waals surface area contributed by atoms with Crippen LogP contribution in [0, 0.1) is 5.82 Å². The Morgan fingerprint density at radius 1 is 0.966 bits per heavy atom. The van der Waals surface area contributed by atoms with Crippen LogP contribution in [0.5, 0.6) is 0 Å². The molecule has 0 saturated heterocycles. The van der Waals surface area contributed by atoms with Gasteiger partial charge in [0.1, 0.15) is 10.7 Å². The van der Waals surface area contributed by atoms with E-state index < -0.39 is 10.0 Å². The number of sulfonamides is 1. The highest BCUT2D eigenvalue weighted by Gasteiger charge is 2.28. The van der Waals surface area contributed by atoms with Gasteiger partial charge in [-0.15, -0.1) is 0 Å². The number of nitrogens with one attached hydrogen (secondary N) is 2. The number of hydrogen-bond donors (Lipinski definition) is 2. The van der Waals surface area contributed by atoms with E-state index in [0.717, 1.165) is 11.1 Å². The minimum atomic E-state index is -3.78. The van der Waals surface area contributed by atoms with Gasteiger partial charge in [0.2, 0.25) is 5.96 Å². The zero-order valence-corrected chi connectivity index (χ0v) is 16.8. The first-order valence-electron chi connectivity index (χ1n) is 8.86. The fourth-order valence-electron chi connectivity index (χ4n) is 3.14. The Morgan fingerprint density at radius 3 is 2.52 bits per heavy atom. The first-order valence-corrected chi connectivity index (χ1v) is 10.7. The molecular weight excluding hydrogens is 413 g/mol. The Labute approximate surface area is 173 Å². The molecule has 0 bridgehead atoms. The van der Waals surface area contributed by atoms with E-state index in [4.69, 9.17) is 11.6 Å². The quantitative estimate of drug-likeness (QED) is 0.648. The summed E-state index contributed by atoms with van der Waals surface area (Å²) in [5.41, 5.74) is 2.76. The molecule has 4 rings (SSSR count). The summed E-state index contributed by atoms with van der Waals surface area (Å²) >= 11 is 6.27. The van der Waals surface area contributed by atoms with Crippen molar-refractivity contribution in [3.8, 4) is 0 Å². The van der Waals surface area contributed by atoms with Crippen LogP contribution in [0.15, 0.2) is 76.6 Å². The van der Waals surface area contributed by atoms with Crippen LogP contribution in [-0.2, 0) is 23.0 Å². The average Bonchev–Trinajstić information content (AvgIpc) is 2.68. The van der Waals surface area contributed by atoms with Gasteiger partial charge in [-0.2, -0.15) is 0 Å². The SMILES string of the molecule is O=S1(=O)NC(=NCc2cccc(F)c2)Nc2c(Cc3ccccc3Cl)cccc21. The molecule has 0 aliphatic carbocycles. The molecule has 0 aromatic heterocycles. The maximum Gasteiger partial charge on any atom is 0.266 e. The standard InChI is InChI=1S/C21H17ClFN3O2S/c22-18-9-2-1-6-15(18)12-16-7-4-10-19-20(16)25-21(26-29(19,27)28)24-13-14-5-3-8-17(23)11-14/h1-11H,12-13H2,(H2,24,25,26). The van der Waals surface area contributed by atoms with E-state index >= 15 is 0 Å². The molecule has 1 aliphatic rings. The van der Waals surface area contributed by atoms with Crippen molar-refractivity contribution in [1.82, 2.24) is 4.72 Å². The van der Waals surface area contributed by atoms with Crippen LogP contribution in [-0.4, -0.2) is 14.4 Å². The second-order valence-corrected chi connectivity index (χ2v) is 8.64. The predicted molar refractivity (Wildman–Crippen MR) is 112 cm³/mol. The third kappa shape index (κ3) is 4.26. The Bertz CT molecular complexity index is 1210. The molecule has 0 radical (unpaired) electrons. The van der Waals surface area contributed by atoms with Crippen LogP contribution in [0.4, 0.5) is 10.1 Å². The largest absolute Gasteiger partial charge is 0.324 e. The molecule has 5 nitrogen and oxygen atoms in total. The summed E-state index contributed by atoms with van der Waals surface area (Å²) in [5.74, 6) is -0.277. The zero-order valence-electron chi connectivity index (χ0n) is 15.2. The molecule has 0 saturated carbocycles. The third-order valence-electron chi connectivity index (χ3n) is 4.52. The van der Waals surface area contributed by atoms with E-state index in [0.29, 0.717) is 22.7 Å². The summed E-state index contributed by atoms with van der Waals surface area (Å²) < 4.78 is 41.2. The number of fused-ring (bicyclic) bond motifs is 1. The molecule has 29 heavy (non-hydrogen) atoms. The summed E-state index contributed by atoms with van der Waals surface area (Å²) in [7, 11) is -3.78. The lowest BCUT2D eigenvalue weighted by molar-refractivity contribution is 0.591. The molecule has 8 heteroatoms. The zero-order chi connectivity index (χ0) is 20.4. The molecular formula is C21H17ClFN3O2S. The lowest BCUT2D eigenvalue weighted by Crippen LogP contribution is -2.41. The second kappa shape index (κ2) is 7.85. The fraction of sp³-hybridized carbons (Fsp3) is 0.0952. The van der Waals surface area contributed by atoms with Crippen molar-refractivity contribution in [2.75, 3.05) is 5.32 Å². The number of nitrogens with zero attached hydrogens (tertiary/aromatic N) is 1. The summed E-state index contributed by atoms with van der Waals surface area (Å²) in [5, 5.41) is 3.68. The summed E-state index contributed by atoms with van der Waals surface area (Å²) in [4.78, 5) is 4.42. The van der Waals surface area contributed by atoms with E-state index in [-0.39, 0.29) is 23.2 Å². The van der Waals surface area contributed by atoms with Gasteiger partial charge in [-0.25, -0.2) is 22.5 Å². The van der Waals surface area contributed by atoms with Crippen molar-refractivity contribution in [3.63, 3.8) is 0 Å². The second-order valence-electron chi connectivity index (χ2n) is 6.58. The highest BCUT2D eigenvalue weighted by atomic mass is 35.5. The van der Waals surface area contributed by atoms with Gasteiger partial charge in [0.15, 0.2) is 0 Å². The van der Waals surface area contributed by atoms with E-state index in [1.54, 1.807) is 24.3 Å². The number of benzene rings is 3. The number of anilines is 1. The normalized spacial score (nSPS) is 16.0. The Hall–Kier alpha value is -2.90. The van der Waals surface area contributed by atoms with Crippen LogP contribution in [0.3, 0.4) is 0 Å². The minimum absolute atomic E-state index is 0.0911. The van der Waals surface area contributed by atoms with Crippen molar-refractivity contribution < 1.29 is 12.8 Å². The van der Waals surface area contributed by atoms with Crippen molar-refractivity contribution in [2.24, 2.45) is 4.99 Å². The summed E-state index contributed by atoms with van der Waals surface area (Å²) in [6, 6.07) is 18.5. The number of guanidine groups is 1. The maximum absolute atomic E-state index is 13.4. The molecule has 2 N–H and O–H groups in total. The van der Waals surface area contributed by atoms with E-state index in [1.165, 1.54) is 18.2 Å². The Balaban J connectivity index is 1.68. The first kappa shape index (κ1) is 19.4. The maximum atomic E-state index is 13.4. The number of rotatable bonds is 4. The smallest absolute Gasteiger partial charge is 0.266 e. The number of halogens is 2. The van der Waals surface area contributed by atoms with Gasteiger partial charge in [0.05, 0.1) is 12.2 Å². The van der Waals surface area contributed by atoms with E-state index in [9.17, 15) is 12.8 Å². The third-order valence-corrected chi connectivity index (χ3v) is 6.27. The number of para-hydroxylation sites is 1. The minimum Gasteiger partial charge on any atom is -0.324 e. The van der Waals surface area contributed by atoms with Crippen molar-refractivity contribution in [2.45, 2.75) is 17.9 Å². The summed E-state index contributed by atoms with van der Waals surface area (Å²) in [6.45, 7) is 0.130. The molecule has 3 aromatic rings. The monoisotopic (exact) mass is 429 g/mol. The molecule has 0 spiro atoms. The van der Waals surface area contributed by atoms with Crippen LogP contribution in [0.2, 0.25) is 5.02 Å². The molecule has 148 valence electrons. The van der Waals surface area contributed by atoms with Crippen LogP contribution in [0.25, 0.3) is 0 Å². The van der Waals surface area contributed by atoms with E-state index in [2.05, 4.69) is 15.0 Å². The molecule has 0 fully saturated rings. The first-order chi connectivity index (χ1) is 13.9. The van der Waals surface area contributed by atoms with Crippen molar-refractivity contribution in [1.29, 1.82) is 0 Å². The lowest BCUT2D eigenvalue weighted by Gasteiger charge is -2.24. The highest BCUT2D eigenvalue weighted by Crippen LogP contribution is 2.31. The Kier molecular flexibility index (Phi) is 5.25. The molecule has 0 unspecified atom stereocenters. The average molecular weight is 430 g/mol. The topological polar surface area (TPSA) is 70.6 Å². The highest BCUT2D eigenvalue weighted by molar-refractivity contribution is 7.90. The van der Waals surface area contributed by atoms with Gasteiger partial charge in [-0.05, 0) is 41.0 Å². The molecule has 0 amide bonds. The van der Waals surface area contributed by atoms with Crippen LogP contribution in [0.1, 0.15) is 16.7 Å². The molecule has 1 aliphatic heterocycles. The van der Waals surface area contributed by atoms with Crippen molar-refractivity contribution in [3.05, 3.63) is 94.3 Å². The Morgan fingerprint density at radius 2 is 1.72 bits per heavy atom. The van der Waals surface area contributed by atoms with Gasteiger partial charge < -0.3 is 5.32 Å². The van der Waals surface area contributed by atoms with Gasteiger partial charge in [0, 0.05) is 11.4 Å². The molecule has 3 aromatic carbocycles. The predicted octanol–water partition coefficient (Wildman–Crippen LogP) is 4.33. The number of hydrogen-bond acceptors (Lipinski definition) is 3. The van der Waals surface area contributed by atoms with Crippen molar-refractivity contribution >= 4 is 33.3 Å².